The number of unbranched alkanes of at least 4 members (excludes halogenated alkanes) is 1. The van der Waals surface area contributed by atoms with Gasteiger partial charge in [-0.05, 0) is 69.8 Å². The van der Waals surface area contributed by atoms with E-state index in [0.29, 0.717) is 12.6 Å². The van der Waals surface area contributed by atoms with E-state index >= 15 is 0 Å². The first-order chi connectivity index (χ1) is 14.8. The SMILES string of the molecule is CCOCCCNC(=NCc1ccc(OC)cc1)NCCCCN1CCCC1CO. The minimum absolute atomic E-state index is 0.284. The van der Waals surface area contributed by atoms with Gasteiger partial charge in [0, 0.05) is 32.3 Å². The molecule has 1 aliphatic heterocycles. The summed E-state index contributed by atoms with van der Waals surface area (Å²) in [5, 5.41) is 16.3. The second-order valence-corrected chi connectivity index (χ2v) is 7.64. The lowest BCUT2D eigenvalue weighted by Crippen LogP contribution is -2.39. The summed E-state index contributed by atoms with van der Waals surface area (Å²) in [7, 11) is 1.68. The molecule has 2 rings (SSSR count). The Bertz CT molecular complexity index is 595. The Morgan fingerprint density at radius 3 is 2.63 bits per heavy atom. The van der Waals surface area contributed by atoms with Crippen LogP contribution in [0.5, 0.6) is 5.75 Å². The third kappa shape index (κ3) is 9.32. The van der Waals surface area contributed by atoms with E-state index in [2.05, 4.69) is 15.5 Å². The van der Waals surface area contributed by atoms with Crippen molar-refractivity contribution in [3.05, 3.63) is 29.8 Å². The third-order valence-corrected chi connectivity index (χ3v) is 5.42. The standard InChI is InChI=1S/C23H40N4O3/c1-3-30-17-7-14-25-23(26-18-20-9-11-22(29-2)12-10-20)24-13-4-5-15-27-16-6-8-21(27)19-28/h9-12,21,28H,3-8,13-19H2,1-2H3,(H2,24,25,26). The molecule has 30 heavy (non-hydrogen) atoms. The van der Waals surface area contributed by atoms with Crippen molar-refractivity contribution < 1.29 is 14.6 Å². The van der Waals surface area contributed by atoms with E-state index in [0.717, 1.165) is 82.3 Å². The number of aliphatic imine (C=N–C) groups is 1. The average Bonchev–Trinajstić information content (AvgIpc) is 3.24. The van der Waals surface area contributed by atoms with Gasteiger partial charge < -0.3 is 25.2 Å². The van der Waals surface area contributed by atoms with Gasteiger partial charge in [-0.2, -0.15) is 0 Å². The van der Waals surface area contributed by atoms with Crippen LogP contribution in [0.15, 0.2) is 29.3 Å². The number of guanidine groups is 1. The topological polar surface area (TPSA) is 78.3 Å². The highest BCUT2D eigenvalue weighted by molar-refractivity contribution is 5.79. The number of aliphatic hydroxyl groups is 1. The van der Waals surface area contributed by atoms with E-state index in [1.807, 2.05) is 31.2 Å². The smallest absolute Gasteiger partial charge is 0.191 e. The molecule has 0 spiro atoms. The molecule has 0 radical (unpaired) electrons. The molecule has 1 atom stereocenters. The fourth-order valence-corrected chi connectivity index (χ4v) is 3.64. The number of aliphatic hydroxyl groups excluding tert-OH is 1. The van der Waals surface area contributed by atoms with E-state index in [-0.39, 0.29) is 6.61 Å². The number of ether oxygens (including phenoxy) is 2. The van der Waals surface area contributed by atoms with Gasteiger partial charge in [-0.25, -0.2) is 4.99 Å². The molecule has 170 valence electrons. The largest absolute Gasteiger partial charge is 0.497 e. The Morgan fingerprint density at radius 1 is 1.17 bits per heavy atom. The fraction of sp³-hybridized carbons (Fsp3) is 0.696. The van der Waals surface area contributed by atoms with Crippen molar-refractivity contribution in [2.75, 3.05) is 53.1 Å². The van der Waals surface area contributed by atoms with Gasteiger partial charge in [0.05, 0.1) is 20.3 Å². The lowest BCUT2D eigenvalue weighted by molar-refractivity contribution is 0.145. The van der Waals surface area contributed by atoms with Crippen LogP contribution in [0, 0.1) is 0 Å². The molecule has 1 heterocycles. The third-order valence-electron chi connectivity index (χ3n) is 5.42. The van der Waals surface area contributed by atoms with Crippen LogP contribution in [0.2, 0.25) is 0 Å². The maximum atomic E-state index is 9.44. The van der Waals surface area contributed by atoms with E-state index in [1.54, 1.807) is 7.11 Å². The molecule has 1 aromatic carbocycles. The zero-order valence-electron chi connectivity index (χ0n) is 18.7. The quantitative estimate of drug-likeness (QED) is 0.244. The summed E-state index contributed by atoms with van der Waals surface area (Å²) >= 11 is 0. The summed E-state index contributed by atoms with van der Waals surface area (Å²) in [6, 6.07) is 8.38. The Balaban J connectivity index is 1.74. The van der Waals surface area contributed by atoms with Gasteiger partial charge in [-0.1, -0.05) is 12.1 Å². The number of methoxy groups -OCH3 is 1. The lowest BCUT2D eigenvalue weighted by Gasteiger charge is -2.22. The second kappa shape index (κ2) is 15.0. The van der Waals surface area contributed by atoms with Crippen molar-refractivity contribution >= 4 is 5.96 Å². The fourth-order valence-electron chi connectivity index (χ4n) is 3.64. The molecular formula is C23H40N4O3. The van der Waals surface area contributed by atoms with Gasteiger partial charge in [0.2, 0.25) is 0 Å². The highest BCUT2D eigenvalue weighted by Crippen LogP contribution is 2.16. The Hall–Kier alpha value is -1.83. The molecule has 0 bridgehead atoms. The summed E-state index contributed by atoms with van der Waals surface area (Å²) in [4.78, 5) is 7.16. The molecule has 1 aliphatic rings. The maximum absolute atomic E-state index is 9.44. The lowest BCUT2D eigenvalue weighted by atomic mass is 10.2. The van der Waals surface area contributed by atoms with E-state index in [4.69, 9.17) is 14.5 Å². The Labute approximate surface area is 181 Å². The maximum Gasteiger partial charge on any atom is 0.191 e. The van der Waals surface area contributed by atoms with Crippen LogP contribution in [0.4, 0.5) is 0 Å². The molecule has 1 aromatic rings. The summed E-state index contributed by atoms with van der Waals surface area (Å²) in [5.41, 5.74) is 1.15. The normalized spacial score (nSPS) is 17.3. The number of likely N-dealkylation sites (tertiary alicyclic amines) is 1. The first kappa shape index (κ1) is 24.4. The average molecular weight is 421 g/mol. The number of nitrogens with zero attached hydrogens (tertiary/aromatic N) is 2. The Kier molecular flexibility index (Phi) is 12.3. The van der Waals surface area contributed by atoms with Crippen LogP contribution in [-0.2, 0) is 11.3 Å². The van der Waals surface area contributed by atoms with Crippen LogP contribution in [-0.4, -0.2) is 75.1 Å². The number of rotatable bonds is 14. The molecule has 0 aliphatic carbocycles. The first-order valence-electron chi connectivity index (χ1n) is 11.3. The molecule has 0 saturated carbocycles. The van der Waals surface area contributed by atoms with Crippen molar-refractivity contribution in [1.29, 1.82) is 0 Å². The summed E-state index contributed by atoms with van der Waals surface area (Å²) in [6.07, 6.45) is 5.49. The molecule has 1 saturated heterocycles. The van der Waals surface area contributed by atoms with Crippen molar-refractivity contribution in [3.63, 3.8) is 0 Å². The van der Waals surface area contributed by atoms with Crippen LogP contribution in [0.3, 0.4) is 0 Å². The van der Waals surface area contributed by atoms with Crippen LogP contribution in [0.1, 0.15) is 44.6 Å². The summed E-state index contributed by atoms with van der Waals surface area (Å²) in [5.74, 6) is 1.70. The van der Waals surface area contributed by atoms with Gasteiger partial charge in [0.1, 0.15) is 5.75 Å². The predicted molar refractivity (Wildman–Crippen MR) is 122 cm³/mol. The molecule has 1 unspecified atom stereocenters. The van der Waals surface area contributed by atoms with Crippen LogP contribution in [0.25, 0.3) is 0 Å². The van der Waals surface area contributed by atoms with E-state index in [1.165, 1.54) is 6.42 Å². The molecule has 7 heteroatoms. The van der Waals surface area contributed by atoms with Gasteiger partial charge in [0.25, 0.3) is 0 Å². The monoisotopic (exact) mass is 420 g/mol. The molecule has 3 N–H and O–H groups in total. The number of nitrogens with one attached hydrogen (secondary N) is 2. The Morgan fingerprint density at radius 2 is 1.93 bits per heavy atom. The number of benzene rings is 1. The highest BCUT2D eigenvalue weighted by atomic mass is 16.5. The minimum atomic E-state index is 0.284. The van der Waals surface area contributed by atoms with Gasteiger partial charge in [-0.3, -0.25) is 4.90 Å². The zero-order valence-corrected chi connectivity index (χ0v) is 18.7. The van der Waals surface area contributed by atoms with E-state index in [9.17, 15) is 5.11 Å². The minimum Gasteiger partial charge on any atom is -0.497 e. The molecule has 1 fully saturated rings. The van der Waals surface area contributed by atoms with Gasteiger partial charge in [-0.15, -0.1) is 0 Å². The molecule has 0 amide bonds. The van der Waals surface area contributed by atoms with Crippen molar-refractivity contribution in [2.45, 2.75) is 51.6 Å². The van der Waals surface area contributed by atoms with Crippen LogP contribution >= 0.6 is 0 Å². The van der Waals surface area contributed by atoms with Crippen molar-refractivity contribution in [3.8, 4) is 5.75 Å². The van der Waals surface area contributed by atoms with Crippen molar-refractivity contribution in [1.82, 2.24) is 15.5 Å². The second-order valence-electron chi connectivity index (χ2n) is 7.64. The van der Waals surface area contributed by atoms with E-state index < -0.39 is 0 Å². The highest BCUT2D eigenvalue weighted by Gasteiger charge is 2.22. The van der Waals surface area contributed by atoms with Crippen LogP contribution < -0.4 is 15.4 Å². The molecular weight excluding hydrogens is 380 g/mol. The van der Waals surface area contributed by atoms with Crippen molar-refractivity contribution in [2.24, 2.45) is 4.99 Å². The van der Waals surface area contributed by atoms with Gasteiger partial charge in [0.15, 0.2) is 5.96 Å². The predicted octanol–water partition coefficient (Wildman–Crippen LogP) is 2.39. The van der Waals surface area contributed by atoms with Gasteiger partial charge >= 0.3 is 0 Å². The number of hydrogen-bond acceptors (Lipinski definition) is 5. The molecule has 0 aromatic heterocycles. The number of hydrogen-bond donors (Lipinski definition) is 3. The zero-order chi connectivity index (χ0) is 21.4. The summed E-state index contributed by atoms with van der Waals surface area (Å²) in [6.45, 7) is 8.34. The molecule has 7 nitrogen and oxygen atoms in total. The first-order valence-corrected chi connectivity index (χ1v) is 11.3. The summed E-state index contributed by atoms with van der Waals surface area (Å²) < 4.78 is 10.6.